The van der Waals surface area contributed by atoms with Crippen LogP contribution in [0.5, 0.6) is 5.75 Å². The molecule has 0 heterocycles. The molecule has 1 amide bonds. The SMILES string of the molecule is COc1cccc(CCNC(=O)CN(Cc2ccc(C)cc2)S(C)(=O)=O)c1. The average Bonchev–Trinajstić information content (AvgIpc) is 2.62. The van der Waals surface area contributed by atoms with Gasteiger partial charge in [0, 0.05) is 13.1 Å². The summed E-state index contributed by atoms with van der Waals surface area (Å²) in [6, 6.07) is 15.2. The fourth-order valence-electron chi connectivity index (χ4n) is 2.58. The molecule has 0 aliphatic rings. The molecule has 146 valence electrons. The molecule has 1 N–H and O–H groups in total. The van der Waals surface area contributed by atoms with Gasteiger partial charge in [-0.2, -0.15) is 4.31 Å². The number of amides is 1. The van der Waals surface area contributed by atoms with E-state index in [0.29, 0.717) is 13.0 Å². The van der Waals surface area contributed by atoms with E-state index in [4.69, 9.17) is 4.74 Å². The van der Waals surface area contributed by atoms with Crippen LogP contribution in [0, 0.1) is 6.92 Å². The summed E-state index contributed by atoms with van der Waals surface area (Å²) >= 11 is 0. The first kappa shape index (κ1) is 20.9. The highest BCUT2D eigenvalue weighted by atomic mass is 32.2. The van der Waals surface area contributed by atoms with Gasteiger partial charge in [0.05, 0.1) is 19.9 Å². The van der Waals surface area contributed by atoms with E-state index in [2.05, 4.69) is 5.32 Å². The fourth-order valence-corrected chi connectivity index (χ4v) is 3.31. The van der Waals surface area contributed by atoms with E-state index in [-0.39, 0.29) is 19.0 Å². The molecule has 0 radical (unpaired) electrons. The lowest BCUT2D eigenvalue weighted by atomic mass is 10.1. The van der Waals surface area contributed by atoms with Crippen molar-refractivity contribution in [3.63, 3.8) is 0 Å². The molecule has 0 bridgehead atoms. The second-order valence-electron chi connectivity index (χ2n) is 6.47. The van der Waals surface area contributed by atoms with Crippen molar-refractivity contribution in [3.05, 3.63) is 65.2 Å². The van der Waals surface area contributed by atoms with E-state index < -0.39 is 10.0 Å². The summed E-state index contributed by atoms with van der Waals surface area (Å²) in [5, 5.41) is 2.78. The minimum absolute atomic E-state index is 0.169. The number of rotatable bonds is 9. The quantitative estimate of drug-likeness (QED) is 0.712. The predicted octanol–water partition coefficient (Wildman–Crippen LogP) is 2.12. The first-order chi connectivity index (χ1) is 12.8. The Labute approximate surface area is 161 Å². The molecule has 0 atom stereocenters. The van der Waals surface area contributed by atoms with E-state index in [1.54, 1.807) is 7.11 Å². The second-order valence-corrected chi connectivity index (χ2v) is 8.45. The molecule has 0 saturated heterocycles. The summed E-state index contributed by atoms with van der Waals surface area (Å²) in [6.07, 6.45) is 1.75. The van der Waals surface area contributed by atoms with Gasteiger partial charge in [0.1, 0.15) is 5.75 Å². The standard InChI is InChI=1S/C20H26N2O4S/c1-16-7-9-18(10-8-16)14-22(27(3,24)25)15-20(23)21-12-11-17-5-4-6-19(13-17)26-2/h4-10,13H,11-12,14-15H2,1-3H3,(H,21,23). The number of hydrogen-bond acceptors (Lipinski definition) is 4. The molecule has 0 fully saturated rings. The van der Waals surface area contributed by atoms with Crippen molar-refractivity contribution in [2.75, 3.05) is 26.5 Å². The van der Waals surface area contributed by atoms with Crippen molar-refractivity contribution >= 4 is 15.9 Å². The highest BCUT2D eigenvalue weighted by molar-refractivity contribution is 7.88. The van der Waals surface area contributed by atoms with E-state index in [1.807, 2.05) is 55.5 Å². The zero-order valence-corrected chi connectivity index (χ0v) is 16.8. The second kappa shape index (κ2) is 9.53. The maximum absolute atomic E-state index is 12.2. The average molecular weight is 391 g/mol. The molecule has 0 spiro atoms. The van der Waals surface area contributed by atoms with E-state index in [1.165, 1.54) is 4.31 Å². The lowest BCUT2D eigenvalue weighted by molar-refractivity contribution is -0.121. The molecule has 6 nitrogen and oxygen atoms in total. The minimum atomic E-state index is -3.50. The van der Waals surface area contributed by atoms with Crippen LogP contribution in [-0.4, -0.2) is 45.1 Å². The predicted molar refractivity (Wildman–Crippen MR) is 106 cm³/mol. The third-order valence-electron chi connectivity index (χ3n) is 4.14. The van der Waals surface area contributed by atoms with Gasteiger partial charge in [0.25, 0.3) is 0 Å². The number of ether oxygens (including phenoxy) is 1. The number of nitrogens with one attached hydrogen (secondary N) is 1. The Morgan fingerprint density at radius 3 is 2.44 bits per heavy atom. The molecule has 0 aliphatic heterocycles. The van der Waals surface area contributed by atoms with Crippen molar-refractivity contribution in [3.8, 4) is 5.75 Å². The van der Waals surface area contributed by atoms with Crippen molar-refractivity contribution in [2.45, 2.75) is 19.9 Å². The lowest BCUT2D eigenvalue weighted by Gasteiger charge is -2.19. The number of carbonyl (C=O) groups excluding carboxylic acids is 1. The van der Waals surface area contributed by atoms with Crippen molar-refractivity contribution in [1.29, 1.82) is 0 Å². The van der Waals surface area contributed by atoms with Gasteiger partial charge in [-0.05, 0) is 36.6 Å². The van der Waals surface area contributed by atoms with Gasteiger partial charge in [-0.1, -0.05) is 42.0 Å². The summed E-state index contributed by atoms with van der Waals surface area (Å²) < 4.78 is 30.4. The first-order valence-electron chi connectivity index (χ1n) is 8.68. The largest absolute Gasteiger partial charge is 0.497 e. The van der Waals surface area contributed by atoms with Gasteiger partial charge in [0.15, 0.2) is 0 Å². The number of hydrogen-bond donors (Lipinski definition) is 1. The van der Waals surface area contributed by atoms with Crippen LogP contribution < -0.4 is 10.1 Å². The first-order valence-corrected chi connectivity index (χ1v) is 10.5. The molecule has 2 rings (SSSR count). The summed E-state index contributed by atoms with van der Waals surface area (Å²) in [7, 11) is -1.89. The number of benzene rings is 2. The van der Waals surface area contributed by atoms with Gasteiger partial charge in [-0.25, -0.2) is 8.42 Å². The number of aryl methyl sites for hydroxylation is 1. The molecule has 0 aromatic heterocycles. The molecule has 7 heteroatoms. The minimum Gasteiger partial charge on any atom is -0.497 e. The maximum Gasteiger partial charge on any atom is 0.235 e. The zero-order valence-electron chi connectivity index (χ0n) is 15.9. The Morgan fingerprint density at radius 1 is 1.11 bits per heavy atom. The Hall–Kier alpha value is -2.38. The van der Waals surface area contributed by atoms with E-state index in [9.17, 15) is 13.2 Å². The van der Waals surface area contributed by atoms with Crippen molar-refractivity contribution < 1.29 is 17.9 Å². The molecule has 27 heavy (non-hydrogen) atoms. The number of nitrogens with zero attached hydrogens (tertiary/aromatic N) is 1. The van der Waals surface area contributed by atoms with Crippen LogP contribution in [0.3, 0.4) is 0 Å². The van der Waals surface area contributed by atoms with Crippen LogP contribution in [0.4, 0.5) is 0 Å². The molecular weight excluding hydrogens is 364 g/mol. The van der Waals surface area contributed by atoms with E-state index >= 15 is 0 Å². The molecular formula is C20H26N2O4S. The summed E-state index contributed by atoms with van der Waals surface area (Å²) in [5.74, 6) is 0.440. The van der Waals surface area contributed by atoms with Crippen LogP contribution in [0.2, 0.25) is 0 Å². The maximum atomic E-state index is 12.2. The highest BCUT2D eigenvalue weighted by Crippen LogP contribution is 2.13. The van der Waals surface area contributed by atoms with Gasteiger partial charge < -0.3 is 10.1 Å². The Balaban J connectivity index is 1.90. The summed E-state index contributed by atoms with van der Waals surface area (Å²) in [6.45, 7) is 2.36. The van der Waals surface area contributed by atoms with Gasteiger partial charge in [-0.15, -0.1) is 0 Å². The van der Waals surface area contributed by atoms with Crippen LogP contribution >= 0.6 is 0 Å². The van der Waals surface area contributed by atoms with Crippen LogP contribution in [0.15, 0.2) is 48.5 Å². The summed E-state index contributed by atoms with van der Waals surface area (Å²) in [4.78, 5) is 12.2. The van der Waals surface area contributed by atoms with Gasteiger partial charge >= 0.3 is 0 Å². The zero-order chi connectivity index (χ0) is 19.9. The molecule has 2 aromatic rings. The third-order valence-corrected chi connectivity index (χ3v) is 5.33. The fraction of sp³-hybridized carbons (Fsp3) is 0.350. The molecule has 0 aliphatic carbocycles. The normalized spacial score (nSPS) is 11.4. The lowest BCUT2D eigenvalue weighted by Crippen LogP contribution is -2.40. The van der Waals surface area contributed by atoms with Gasteiger partial charge in [-0.3, -0.25) is 4.79 Å². The van der Waals surface area contributed by atoms with Crippen molar-refractivity contribution in [1.82, 2.24) is 9.62 Å². The number of methoxy groups -OCH3 is 1. The number of carbonyl (C=O) groups is 1. The molecule has 2 aromatic carbocycles. The number of sulfonamides is 1. The molecule has 0 unspecified atom stereocenters. The van der Waals surface area contributed by atoms with Crippen molar-refractivity contribution in [2.24, 2.45) is 0 Å². The van der Waals surface area contributed by atoms with Gasteiger partial charge in [0.2, 0.25) is 15.9 Å². The third kappa shape index (κ3) is 7.03. The summed E-state index contributed by atoms with van der Waals surface area (Å²) in [5.41, 5.74) is 2.98. The molecule has 0 saturated carbocycles. The monoisotopic (exact) mass is 390 g/mol. The van der Waals surface area contributed by atoms with E-state index in [0.717, 1.165) is 28.7 Å². The van der Waals surface area contributed by atoms with Crippen LogP contribution in [0.25, 0.3) is 0 Å². The Kier molecular flexibility index (Phi) is 7.38. The van der Waals surface area contributed by atoms with Crippen LogP contribution in [0.1, 0.15) is 16.7 Å². The Bertz CT molecular complexity index is 864. The topological polar surface area (TPSA) is 75.7 Å². The smallest absolute Gasteiger partial charge is 0.235 e. The van der Waals surface area contributed by atoms with Crippen LogP contribution in [-0.2, 0) is 27.8 Å². The Morgan fingerprint density at radius 2 is 1.81 bits per heavy atom. The highest BCUT2D eigenvalue weighted by Gasteiger charge is 2.20.